The van der Waals surface area contributed by atoms with Gasteiger partial charge in [-0.15, -0.1) is 0 Å². The lowest BCUT2D eigenvalue weighted by molar-refractivity contribution is -0.139. The van der Waals surface area contributed by atoms with Crippen LogP contribution in [-0.4, -0.2) is 106 Å². The van der Waals surface area contributed by atoms with E-state index in [0.717, 1.165) is 12.8 Å². The van der Waals surface area contributed by atoms with Gasteiger partial charge in [0, 0.05) is 43.3 Å². The molecule has 1 aromatic carbocycles. The molecule has 2 N–H and O–H groups in total. The van der Waals surface area contributed by atoms with Crippen LogP contribution in [0.3, 0.4) is 0 Å². The molecule has 11 heteroatoms. The molecule has 2 amide bonds. The van der Waals surface area contributed by atoms with Crippen LogP contribution in [0.15, 0.2) is 18.2 Å². The SMILES string of the molecule is CC(C)(C)OC(=O)N1CCC(N2CCN(CC(=O)c3ccc(OCC(=O)O)c(CO)c3)C(=O)C2)CC1. The molecule has 11 nitrogen and oxygen atoms in total. The molecule has 0 aliphatic carbocycles. The van der Waals surface area contributed by atoms with Crippen LogP contribution in [0.2, 0.25) is 0 Å². The molecule has 0 aromatic heterocycles. The number of carboxylic acid groups (broad SMARTS) is 1. The van der Waals surface area contributed by atoms with Crippen molar-refractivity contribution in [1.29, 1.82) is 0 Å². The van der Waals surface area contributed by atoms with Crippen molar-refractivity contribution in [1.82, 2.24) is 14.7 Å². The van der Waals surface area contributed by atoms with Gasteiger partial charge in [-0.05, 0) is 51.8 Å². The Kier molecular flexibility index (Phi) is 8.91. The molecule has 0 saturated carbocycles. The molecule has 3 rings (SSSR count). The molecule has 1 aromatic rings. The molecule has 0 spiro atoms. The molecule has 36 heavy (non-hydrogen) atoms. The van der Waals surface area contributed by atoms with Gasteiger partial charge in [-0.25, -0.2) is 9.59 Å². The van der Waals surface area contributed by atoms with Crippen LogP contribution in [0.1, 0.15) is 49.5 Å². The van der Waals surface area contributed by atoms with Crippen molar-refractivity contribution in [3.8, 4) is 5.75 Å². The van der Waals surface area contributed by atoms with Gasteiger partial charge in [0.1, 0.15) is 11.4 Å². The van der Waals surface area contributed by atoms with E-state index >= 15 is 0 Å². The summed E-state index contributed by atoms with van der Waals surface area (Å²) < 4.78 is 10.6. The van der Waals surface area contributed by atoms with Crippen LogP contribution in [0.25, 0.3) is 0 Å². The fourth-order valence-electron chi connectivity index (χ4n) is 4.37. The number of ketones is 1. The highest BCUT2D eigenvalue weighted by Gasteiger charge is 2.33. The number of ether oxygens (including phenoxy) is 2. The monoisotopic (exact) mass is 505 g/mol. The van der Waals surface area contributed by atoms with Gasteiger partial charge in [0.25, 0.3) is 0 Å². The third-order valence-electron chi connectivity index (χ3n) is 6.22. The van der Waals surface area contributed by atoms with Crippen LogP contribution in [0.5, 0.6) is 5.75 Å². The zero-order valence-corrected chi connectivity index (χ0v) is 21.1. The molecule has 2 aliphatic heterocycles. The van der Waals surface area contributed by atoms with E-state index in [9.17, 15) is 24.3 Å². The van der Waals surface area contributed by atoms with E-state index in [1.54, 1.807) is 4.90 Å². The fraction of sp³-hybridized carbons (Fsp3) is 0.600. The van der Waals surface area contributed by atoms with Crippen LogP contribution in [0.4, 0.5) is 4.79 Å². The number of benzene rings is 1. The Hall–Kier alpha value is -3.18. The summed E-state index contributed by atoms with van der Waals surface area (Å²) in [5.41, 5.74) is 0.0756. The highest BCUT2D eigenvalue weighted by molar-refractivity contribution is 5.99. The van der Waals surface area contributed by atoms with Crippen molar-refractivity contribution >= 4 is 23.8 Å². The van der Waals surface area contributed by atoms with E-state index in [1.165, 1.54) is 23.1 Å². The smallest absolute Gasteiger partial charge is 0.410 e. The Morgan fingerprint density at radius 3 is 2.36 bits per heavy atom. The number of hydrogen-bond acceptors (Lipinski definition) is 8. The van der Waals surface area contributed by atoms with Crippen molar-refractivity contribution in [2.75, 3.05) is 45.9 Å². The topological polar surface area (TPSA) is 137 Å². The minimum absolute atomic E-state index is 0.0794. The number of Topliss-reactive ketones (excluding diaryl/α,β-unsaturated/α-hetero) is 1. The third kappa shape index (κ3) is 7.41. The van der Waals surface area contributed by atoms with Gasteiger partial charge in [-0.3, -0.25) is 14.5 Å². The van der Waals surface area contributed by atoms with Crippen molar-refractivity contribution in [3.05, 3.63) is 29.3 Å². The number of rotatable bonds is 8. The largest absolute Gasteiger partial charge is 0.482 e. The molecule has 2 aliphatic rings. The third-order valence-corrected chi connectivity index (χ3v) is 6.22. The molecular formula is C25H35N3O8. The van der Waals surface area contributed by atoms with E-state index in [2.05, 4.69) is 4.90 Å². The quantitative estimate of drug-likeness (QED) is 0.502. The number of piperidine rings is 1. The number of piperazine rings is 1. The average molecular weight is 506 g/mol. The molecular weight excluding hydrogens is 470 g/mol. The van der Waals surface area contributed by atoms with E-state index in [4.69, 9.17) is 14.6 Å². The number of hydrogen-bond donors (Lipinski definition) is 2. The molecule has 2 saturated heterocycles. The maximum absolute atomic E-state index is 12.8. The van der Waals surface area contributed by atoms with Crippen LogP contribution in [0, 0.1) is 0 Å². The molecule has 2 heterocycles. The molecule has 0 unspecified atom stereocenters. The summed E-state index contributed by atoms with van der Waals surface area (Å²) in [5.74, 6) is -1.36. The van der Waals surface area contributed by atoms with Gasteiger partial charge in [-0.2, -0.15) is 0 Å². The van der Waals surface area contributed by atoms with Crippen LogP contribution < -0.4 is 4.74 Å². The van der Waals surface area contributed by atoms with Gasteiger partial charge >= 0.3 is 12.1 Å². The average Bonchev–Trinajstić information content (AvgIpc) is 2.82. The number of amides is 2. The Balaban J connectivity index is 1.50. The number of aliphatic hydroxyl groups is 1. The lowest BCUT2D eigenvalue weighted by Gasteiger charge is -2.42. The second-order valence-corrected chi connectivity index (χ2v) is 10.1. The van der Waals surface area contributed by atoms with Crippen molar-refractivity contribution in [2.45, 2.75) is 51.9 Å². The van der Waals surface area contributed by atoms with E-state index in [1.807, 2.05) is 20.8 Å². The van der Waals surface area contributed by atoms with Gasteiger partial charge in [-0.1, -0.05) is 0 Å². The summed E-state index contributed by atoms with van der Waals surface area (Å²) >= 11 is 0. The minimum Gasteiger partial charge on any atom is -0.482 e. The predicted octanol–water partition coefficient (Wildman–Crippen LogP) is 1.37. The Bertz CT molecular complexity index is 982. The summed E-state index contributed by atoms with van der Waals surface area (Å²) in [6.45, 7) is 6.89. The van der Waals surface area contributed by atoms with Gasteiger partial charge in [0.15, 0.2) is 12.4 Å². The second kappa shape index (κ2) is 11.7. The number of carbonyl (C=O) groups excluding carboxylic acids is 3. The van der Waals surface area contributed by atoms with E-state index in [0.29, 0.717) is 37.3 Å². The molecule has 0 radical (unpaired) electrons. The summed E-state index contributed by atoms with van der Waals surface area (Å²) in [6, 6.07) is 4.60. The first-order chi connectivity index (χ1) is 17.0. The Labute approximate surface area is 210 Å². The standard InChI is InChI=1S/C25H35N3O8/c1-25(2,3)36-24(34)26-8-6-19(7-9-26)27-10-11-28(22(31)14-27)13-20(30)17-4-5-21(18(12-17)15-29)35-16-23(32)33/h4-5,12,19,29H,6-11,13-16H2,1-3H3,(H,32,33). The molecule has 2 fully saturated rings. The highest BCUT2D eigenvalue weighted by Crippen LogP contribution is 2.23. The number of aliphatic hydroxyl groups excluding tert-OH is 1. The number of carbonyl (C=O) groups is 4. The number of nitrogens with zero attached hydrogens (tertiary/aromatic N) is 3. The van der Waals surface area contributed by atoms with Crippen LogP contribution in [-0.2, 0) is 20.9 Å². The van der Waals surface area contributed by atoms with Gasteiger partial charge in [0.05, 0.1) is 19.7 Å². The zero-order chi connectivity index (χ0) is 26.5. The summed E-state index contributed by atoms with van der Waals surface area (Å²) in [5, 5.41) is 18.3. The predicted molar refractivity (Wildman–Crippen MR) is 129 cm³/mol. The normalized spacial score (nSPS) is 17.7. The van der Waals surface area contributed by atoms with E-state index < -0.39 is 24.8 Å². The Morgan fingerprint density at radius 1 is 1.08 bits per heavy atom. The van der Waals surface area contributed by atoms with Gasteiger partial charge < -0.3 is 29.5 Å². The molecule has 0 bridgehead atoms. The zero-order valence-electron chi connectivity index (χ0n) is 21.1. The minimum atomic E-state index is -1.15. The van der Waals surface area contributed by atoms with Crippen molar-refractivity contribution < 1.29 is 38.9 Å². The maximum atomic E-state index is 12.8. The maximum Gasteiger partial charge on any atom is 0.410 e. The number of aliphatic carboxylic acids is 1. The molecule has 0 atom stereocenters. The first-order valence-corrected chi connectivity index (χ1v) is 12.1. The highest BCUT2D eigenvalue weighted by atomic mass is 16.6. The van der Waals surface area contributed by atoms with Crippen molar-refractivity contribution in [3.63, 3.8) is 0 Å². The summed E-state index contributed by atoms with van der Waals surface area (Å²) in [7, 11) is 0. The fourth-order valence-corrected chi connectivity index (χ4v) is 4.37. The second-order valence-electron chi connectivity index (χ2n) is 10.1. The molecule has 198 valence electrons. The van der Waals surface area contributed by atoms with E-state index in [-0.39, 0.29) is 42.7 Å². The Morgan fingerprint density at radius 2 is 1.78 bits per heavy atom. The van der Waals surface area contributed by atoms with Gasteiger partial charge in [0.2, 0.25) is 5.91 Å². The lowest BCUT2D eigenvalue weighted by Crippen LogP contribution is -2.56. The van der Waals surface area contributed by atoms with Crippen molar-refractivity contribution in [2.24, 2.45) is 0 Å². The number of carboxylic acids is 1. The lowest BCUT2D eigenvalue weighted by atomic mass is 10.0. The summed E-state index contributed by atoms with van der Waals surface area (Å²) in [6.07, 6.45) is 1.20. The number of likely N-dealkylation sites (tertiary alicyclic amines) is 1. The first kappa shape index (κ1) is 27.4. The van der Waals surface area contributed by atoms with Crippen LogP contribution >= 0.6 is 0 Å². The first-order valence-electron chi connectivity index (χ1n) is 12.1. The summed E-state index contributed by atoms with van der Waals surface area (Å²) in [4.78, 5) is 54.0.